The second-order valence-electron chi connectivity index (χ2n) is 4.54. The highest BCUT2D eigenvalue weighted by atomic mass is 32.1. The molecule has 4 heteroatoms. The number of hydrogen-bond acceptors (Lipinski definition) is 3. The van der Waals surface area contributed by atoms with Crippen LogP contribution in [0.15, 0.2) is 29.6 Å². The molecule has 18 heavy (non-hydrogen) atoms. The number of nitrogens with zero attached hydrogens (tertiary/aromatic N) is 1. The average Bonchev–Trinajstić information content (AvgIpc) is 2.81. The Labute approximate surface area is 111 Å². The minimum absolute atomic E-state index is 0.187. The topological polar surface area (TPSA) is 24.9 Å². The molecule has 1 heterocycles. The molecule has 1 N–H and O–H groups in total. The van der Waals surface area contributed by atoms with Crippen LogP contribution in [0.5, 0.6) is 0 Å². The summed E-state index contributed by atoms with van der Waals surface area (Å²) < 4.78 is 12.7. The van der Waals surface area contributed by atoms with Gasteiger partial charge in [0.25, 0.3) is 0 Å². The van der Waals surface area contributed by atoms with E-state index in [0.29, 0.717) is 5.92 Å². The number of rotatable bonds is 5. The monoisotopic (exact) mass is 264 g/mol. The van der Waals surface area contributed by atoms with Crippen molar-refractivity contribution in [3.63, 3.8) is 0 Å². The van der Waals surface area contributed by atoms with Gasteiger partial charge < -0.3 is 5.32 Å². The third kappa shape index (κ3) is 3.53. The van der Waals surface area contributed by atoms with E-state index in [4.69, 9.17) is 0 Å². The van der Waals surface area contributed by atoms with Gasteiger partial charge in [-0.1, -0.05) is 26.0 Å². The molecular weight excluding hydrogens is 247 g/mol. The van der Waals surface area contributed by atoms with Gasteiger partial charge >= 0.3 is 0 Å². The number of thiazole rings is 1. The van der Waals surface area contributed by atoms with E-state index in [0.717, 1.165) is 29.4 Å². The van der Waals surface area contributed by atoms with Gasteiger partial charge in [0.2, 0.25) is 0 Å². The minimum Gasteiger partial charge on any atom is -0.361 e. The van der Waals surface area contributed by atoms with Crippen LogP contribution >= 0.6 is 11.3 Å². The van der Waals surface area contributed by atoms with E-state index in [9.17, 15) is 4.39 Å². The SMILES string of the molecule is CC(C)c1csc(NCCc2ccc(F)cc2)n1. The van der Waals surface area contributed by atoms with Crippen LogP contribution in [0.3, 0.4) is 0 Å². The fourth-order valence-electron chi connectivity index (χ4n) is 1.60. The lowest BCUT2D eigenvalue weighted by Gasteiger charge is -2.03. The number of halogens is 1. The van der Waals surface area contributed by atoms with E-state index in [1.54, 1.807) is 11.3 Å². The molecule has 0 aliphatic carbocycles. The molecule has 0 unspecified atom stereocenters. The van der Waals surface area contributed by atoms with Crippen molar-refractivity contribution in [2.24, 2.45) is 0 Å². The van der Waals surface area contributed by atoms with E-state index in [2.05, 4.69) is 29.5 Å². The van der Waals surface area contributed by atoms with Crippen molar-refractivity contribution in [1.29, 1.82) is 0 Å². The van der Waals surface area contributed by atoms with Gasteiger partial charge in [0.15, 0.2) is 5.13 Å². The van der Waals surface area contributed by atoms with Gasteiger partial charge in [-0.05, 0) is 30.0 Å². The summed E-state index contributed by atoms with van der Waals surface area (Å²) in [6.07, 6.45) is 0.872. The molecular formula is C14H17FN2S. The second kappa shape index (κ2) is 5.96. The van der Waals surface area contributed by atoms with Crippen LogP contribution in [0.25, 0.3) is 0 Å². The summed E-state index contributed by atoms with van der Waals surface area (Å²) in [6, 6.07) is 6.63. The molecule has 0 saturated heterocycles. The summed E-state index contributed by atoms with van der Waals surface area (Å²) in [5.74, 6) is 0.280. The van der Waals surface area contributed by atoms with Crippen molar-refractivity contribution in [1.82, 2.24) is 4.98 Å². The summed E-state index contributed by atoms with van der Waals surface area (Å²) >= 11 is 1.63. The van der Waals surface area contributed by atoms with Gasteiger partial charge in [0.1, 0.15) is 5.82 Å². The molecule has 1 aromatic heterocycles. The number of hydrogen-bond donors (Lipinski definition) is 1. The number of nitrogens with one attached hydrogen (secondary N) is 1. The highest BCUT2D eigenvalue weighted by molar-refractivity contribution is 7.13. The predicted molar refractivity (Wildman–Crippen MR) is 74.8 cm³/mol. The Morgan fingerprint density at radius 2 is 2.00 bits per heavy atom. The largest absolute Gasteiger partial charge is 0.361 e. The Morgan fingerprint density at radius 1 is 1.28 bits per heavy atom. The number of aromatic nitrogens is 1. The molecule has 0 bridgehead atoms. The zero-order valence-corrected chi connectivity index (χ0v) is 11.4. The predicted octanol–water partition coefficient (Wildman–Crippen LogP) is 4.06. The normalized spacial score (nSPS) is 10.9. The van der Waals surface area contributed by atoms with Crippen LogP contribution in [-0.4, -0.2) is 11.5 Å². The van der Waals surface area contributed by atoms with Crippen molar-refractivity contribution in [2.45, 2.75) is 26.2 Å². The molecule has 2 rings (SSSR count). The highest BCUT2D eigenvalue weighted by Gasteiger charge is 2.04. The molecule has 0 atom stereocenters. The van der Waals surface area contributed by atoms with Gasteiger partial charge in [-0.15, -0.1) is 11.3 Å². The zero-order valence-electron chi connectivity index (χ0n) is 10.6. The average molecular weight is 264 g/mol. The lowest BCUT2D eigenvalue weighted by molar-refractivity contribution is 0.627. The highest BCUT2D eigenvalue weighted by Crippen LogP contribution is 2.21. The molecule has 96 valence electrons. The smallest absolute Gasteiger partial charge is 0.182 e. The first kappa shape index (κ1) is 13.0. The number of anilines is 1. The molecule has 0 amide bonds. The van der Waals surface area contributed by atoms with Crippen molar-refractivity contribution in [3.8, 4) is 0 Å². The first-order chi connectivity index (χ1) is 8.65. The minimum atomic E-state index is -0.187. The Balaban J connectivity index is 1.82. The third-order valence-corrected chi connectivity index (χ3v) is 3.53. The summed E-state index contributed by atoms with van der Waals surface area (Å²) in [5.41, 5.74) is 2.26. The Bertz CT molecular complexity index is 491. The first-order valence-corrected chi connectivity index (χ1v) is 6.97. The van der Waals surface area contributed by atoms with E-state index in [1.165, 1.54) is 12.1 Å². The van der Waals surface area contributed by atoms with Gasteiger partial charge in [-0.25, -0.2) is 9.37 Å². The standard InChI is InChI=1S/C14H17FN2S/c1-10(2)13-9-18-14(17-13)16-8-7-11-3-5-12(15)6-4-11/h3-6,9-10H,7-8H2,1-2H3,(H,16,17). The fourth-order valence-corrected chi connectivity index (χ4v) is 2.50. The van der Waals surface area contributed by atoms with Crippen LogP contribution in [0.1, 0.15) is 31.0 Å². The van der Waals surface area contributed by atoms with Gasteiger partial charge in [0, 0.05) is 11.9 Å². The van der Waals surface area contributed by atoms with E-state index >= 15 is 0 Å². The van der Waals surface area contributed by atoms with Gasteiger partial charge in [0.05, 0.1) is 5.69 Å². The molecule has 0 spiro atoms. The molecule has 0 saturated carbocycles. The molecule has 0 fully saturated rings. The zero-order chi connectivity index (χ0) is 13.0. The maximum absolute atomic E-state index is 12.7. The quantitative estimate of drug-likeness (QED) is 0.881. The molecule has 0 radical (unpaired) electrons. The number of benzene rings is 1. The maximum atomic E-state index is 12.7. The van der Waals surface area contributed by atoms with E-state index < -0.39 is 0 Å². The van der Waals surface area contributed by atoms with Crippen molar-refractivity contribution < 1.29 is 4.39 Å². The Morgan fingerprint density at radius 3 is 2.61 bits per heavy atom. The lowest BCUT2D eigenvalue weighted by atomic mass is 10.1. The lowest BCUT2D eigenvalue weighted by Crippen LogP contribution is -2.04. The fraction of sp³-hybridized carbons (Fsp3) is 0.357. The summed E-state index contributed by atoms with van der Waals surface area (Å²) in [6.45, 7) is 5.09. The van der Waals surface area contributed by atoms with Crippen LogP contribution in [0.2, 0.25) is 0 Å². The first-order valence-electron chi connectivity index (χ1n) is 6.09. The van der Waals surface area contributed by atoms with Crippen LogP contribution in [0.4, 0.5) is 9.52 Å². The van der Waals surface area contributed by atoms with E-state index in [1.807, 2.05) is 12.1 Å². The maximum Gasteiger partial charge on any atom is 0.182 e. The van der Waals surface area contributed by atoms with Crippen LogP contribution in [0, 0.1) is 5.82 Å². The summed E-state index contributed by atoms with van der Waals surface area (Å²) in [5, 5.41) is 6.34. The van der Waals surface area contributed by atoms with Gasteiger partial charge in [-0.2, -0.15) is 0 Å². The second-order valence-corrected chi connectivity index (χ2v) is 5.39. The van der Waals surface area contributed by atoms with Gasteiger partial charge in [-0.3, -0.25) is 0 Å². The third-order valence-electron chi connectivity index (χ3n) is 2.72. The van der Waals surface area contributed by atoms with Crippen molar-refractivity contribution >= 4 is 16.5 Å². The molecule has 2 aromatic rings. The van der Waals surface area contributed by atoms with Crippen molar-refractivity contribution in [2.75, 3.05) is 11.9 Å². The summed E-state index contributed by atoms with van der Waals surface area (Å²) in [4.78, 5) is 4.50. The molecule has 0 aliphatic rings. The van der Waals surface area contributed by atoms with Crippen molar-refractivity contribution in [3.05, 3.63) is 46.7 Å². The molecule has 0 aliphatic heterocycles. The molecule has 2 nitrogen and oxygen atoms in total. The summed E-state index contributed by atoms with van der Waals surface area (Å²) in [7, 11) is 0. The molecule has 1 aromatic carbocycles. The van der Waals surface area contributed by atoms with Crippen LogP contribution < -0.4 is 5.32 Å². The Hall–Kier alpha value is -1.42. The van der Waals surface area contributed by atoms with E-state index in [-0.39, 0.29) is 5.82 Å². The van der Waals surface area contributed by atoms with Crippen LogP contribution in [-0.2, 0) is 6.42 Å². The Kier molecular flexibility index (Phi) is 4.31.